The second-order valence-corrected chi connectivity index (χ2v) is 8.42. The van der Waals surface area contributed by atoms with E-state index in [1.807, 2.05) is 20.0 Å². The van der Waals surface area contributed by atoms with Crippen LogP contribution in [0.15, 0.2) is 17.1 Å². The van der Waals surface area contributed by atoms with E-state index in [2.05, 4.69) is 32.3 Å². The highest BCUT2D eigenvalue weighted by molar-refractivity contribution is 5.85. The van der Waals surface area contributed by atoms with Crippen LogP contribution in [0.3, 0.4) is 0 Å². The summed E-state index contributed by atoms with van der Waals surface area (Å²) in [7, 11) is 0. The molecule has 0 aliphatic heterocycles. The van der Waals surface area contributed by atoms with Gasteiger partial charge in [0.25, 0.3) is 0 Å². The van der Waals surface area contributed by atoms with Gasteiger partial charge in [-0.15, -0.1) is 0 Å². The van der Waals surface area contributed by atoms with Crippen LogP contribution in [-0.4, -0.2) is 4.57 Å². The smallest absolute Gasteiger partial charge is 0.192 e. The van der Waals surface area contributed by atoms with Gasteiger partial charge in [-0.3, -0.25) is 4.79 Å². The van der Waals surface area contributed by atoms with E-state index in [0.29, 0.717) is 10.9 Å². The fourth-order valence-corrected chi connectivity index (χ4v) is 3.81. The summed E-state index contributed by atoms with van der Waals surface area (Å²) in [5.74, 6) is -0.149. The minimum Gasteiger partial charge on any atom is -0.344 e. The number of hydrogen-bond donors (Lipinski definition) is 1. The van der Waals surface area contributed by atoms with Crippen LogP contribution in [-0.2, 0) is 5.54 Å². The van der Waals surface area contributed by atoms with Crippen molar-refractivity contribution < 1.29 is 4.39 Å². The number of rotatable bonds is 4. The lowest BCUT2D eigenvalue weighted by Gasteiger charge is -2.26. The van der Waals surface area contributed by atoms with Crippen LogP contribution in [0.4, 0.5) is 4.39 Å². The third-order valence-electron chi connectivity index (χ3n) is 5.37. The van der Waals surface area contributed by atoms with E-state index in [-0.39, 0.29) is 29.1 Å². The van der Waals surface area contributed by atoms with Crippen molar-refractivity contribution in [3.8, 4) is 0 Å². The van der Waals surface area contributed by atoms with Crippen LogP contribution in [0.1, 0.15) is 89.0 Å². The molecule has 3 rings (SSSR count). The molecule has 1 aromatic heterocycles. The van der Waals surface area contributed by atoms with Crippen molar-refractivity contribution in [2.24, 2.45) is 5.73 Å². The molecule has 25 heavy (non-hydrogen) atoms. The molecule has 1 heterocycles. The van der Waals surface area contributed by atoms with Gasteiger partial charge in [-0.1, -0.05) is 27.7 Å². The van der Waals surface area contributed by atoms with Gasteiger partial charge in [0, 0.05) is 34.3 Å². The molecule has 2 N–H and O–H groups in total. The summed E-state index contributed by atoms with van der Waals surface area (Å²) >= 11 is 0. The number of nitrogens with two attached hydrogens (primary N) is 1. The average Bonchev–Trinajstić information content (AvgIpc) is 3.24. The van der Waals surface area contributed by atoms with E-state index in [1.54, 1.807) is 0 Å². The van der Waals surface area contributed by atoms with Crippen LogP contribution in [0.2, 0.25) is 0 Å². The summed E-state index contributed by atoms with van der Waals surface area (Å²) in [4.78, 5) is 13.0. The molecule has 0 atom stereocenters. The van der Waals surface area contributed by atoms with Crippen molar-refractivity contribution in [2.75, 3.05) is 0 Å². The minimum atomic E-state index is -0.577. The molecule has 4 heteroatoms. The van der Waals surface area contributed by atoms with E-state index in [1.165, 1.54) is 6.07 Å². The maximum absolute atomic E-state index is 15.1. The van der Waals surface area contributed by atoms with Gasteiger partial charge in [0.1, 0.15) is 5.82 Å². The van der Waals surface area contributed by atoms with Gasteiger partial charge in [0.2, 0.25) is 0 Å². The van der Waals surface area contributed by atoms with Crippen molar-refractivity contribution in [3.05, 3.63) is 45.0 Å². The summed E-state index contributed by atoms with van der Waals surface area (Å²) < 4.78 is 17.2. The highest BCUT2D eigenvalue weighted by Crippen LogP contribution is 2.48. The number of halogens is 1. The molecule has 0 spiro atoms. The van der Waals surface area contributed by atoms with E-state index in [4.69, 9.17) is 5.73 Å². The summed E-state index contributed by atoms with van der Waals surface area (Å²) in [5, 5.41) is 0.481. The normalized spacial score (nSPS) is 16.4. The van der Waals surface area contributed by atoms with Gasteiger partial charge in [-0.05, 0) is 50.2 Å². The Morgan fingerprint density at radius 1 is 1.12 bits per heavy atom. The number of hydrogen-bond acceptors (Lipinski definition) is 2. The van der Waals surface area contributed by atoms with Gasteiger partial charge in [0.15, 0.2) is 5.43 Å². The topological polar surface area (TPSA) is 48.0 Å². The number of benzene rings is 1. The molecule has 1 aliphatic carbocycles. The summed E-state index contributed by atoms with van der Waals surface area (Å²) in [6.07, 6.45) is 3.56. The predicted molar refractivity (Wildman–Crippen MR) is 102 cm³/mol. The number of fused-ring (bicyclic) bond motifs is 1. The molecule has 0 radical (unpaired) electrons. The van der Waals surface area contributed by atoms with Crippen molar-refractivity contribution >= 4 is 10.9 Å². The van der Waals surface area contributed by atoms with Crippen molar-refractivity contribution in [2.45, 2.75) is 77.8 Å². The first kappa shape index (κ1) is 18.1. The number of nitrogens with zero attached hydrogens (tertiary/aromatic N) is 1. The quantitative estimate of drug-likeness (QED) is 0.856. The molecule has 136 valence electrons. The lowest BCUT2D eigenvalue weighted by atomic mass is 9.87. The Hall–Kier alpha value is -1.68. The van der Waals surface area contributed by atoms with Crippen LogP contribution in [0.5, 0.6) is 0 Å². The van der Waals surface area contributed by atoms with E-state index >= 15 is 4.39 Å². The lowest BCUT2D eigenvalue weighted by Crippen LogP contribution is -2.26. The first-order chi connectivity index (χ1) is 11.6. The van der Waals surface area contributed by atoms with E-state index < -0.39 is 5.54 Å². The molecular formula is C21H29FN2O. The SMILES string of the molecule is CC(C)c1cn(C(C)C)c2c(C(C)C)c(C3(N)CC3)c(F)cc2c1=O. The third-order valence-corrected chi connectivity index (χ3v) is 5.37. The highest BCUT2D eigenvalue weighted by Gasteiger charge is 2.45. The Morgan fingerprint density at radius 2 is 1.72 bits per heavy atom. The van der Waals surface area contributed by atoms with Crippen LogP contribution in [0, 0.1) is 5.82 Å². The van der Waals surface area contributed by atoms with Crippen LogP contribution < -0.4 is 11.2 Å². The summed E-state index contributed by atoms with van der Waals surface area (Å²) in [6, 6.07) is 1.60. The molecular weight excluding hydrogens is 315 g/mol. The van der Waals surface area contributed by atoms with E-state index in [0.717, 1.165) is 29.5 Å². The van der Waals surface area contributed by atoms with Gasteiger partial charge in [-0.25, -0.2) is 4.39 Å². The molecule has 0 bridgehead atoms. The van der Waals surface area contributed by atoms with Crippen molar-refractivity contribution in [3.63, 3.8) is 0 Å². The standard InChI is InChI=1S/C21H29FN2O/c1-11(2)15-10-24(13(5)6)19-14(20(15)25)9-16(22)18(17(19)12(3)4)21(23)7-8-21/h9-13H,7-8,23H2,1-6H3. The Labute approximate surface area is 149 Å². The zero-order valence-electron chi connectivity index (χ0n) is 16.1. The van der Waals surface area contributed by atoms with Crippen LogP contribution >= 0.6 is 0 Å². The zero-order chi connectivity index (χ0) is 18.7. The number of pyridine rings is 1. The number of aromatic nitrogens is 1. The van der Waals surface area contributed by atoms with Gasteiger partial charge in [-0.2, -0.15) is 0 Å². The second kappa shape index (κ2) is 5.94. The minimum absolute atomic E-state index is 0.0591. The Morgan fingerprint density at radius 3 is 2.16 bits per heavy atom. The molecule has 0 amide bonds. The van der Waals surface area contributed by atoms with Crippen LogP contribution in [0.25, 0.3) is 10.9 Å². The molecule has 0 unspecified atom stereocenters. The molecule has 0 saturated heterocycles. The fourth-order valence-electron chi connectivity index (χ4n) is 3.81. The molecule has 3 nitrogen and oxygen atoms in total. The van der Waals surface area contributed by atoms with E-state index in [9.17, 15) is 4.79 Å². The highest BCUT2D eigenvalue weighted by atomic mass is 19.1. The Balaban J connectivity index is 2.55. The maximum atomic E-state index is 15.1. The third kappa shape index (κ3) is 2.80. The lowest BCUT2D eigenvalue weighted by molar-refractivity contribution is 0.564. The average molecular weight is 344 g/mol. The molecule has 1 saturated carbocycles. The first-order valence-corrected chi connectivity index (χ1v) is 9.29. The second-order valence-electron chi connectivity index (χ2n) is 8.42. The molecule has 1 fully saturated rings. The Kier molecular flexibility index (Phi) is 4.31. The zero-order valence-corrected chi connectivity index (χ0v) is 16.1. The van der Waals surface area contributed by atoms with Gasteiger partial charge >= 0.3 is 0 Å². The monoisotopic (exact) mass is 344 g/mol. The fraction of sp³-hybridized carbons (Fsp3) is 0.571. The van der Waals surface area contributed by atoms with Crippen molar-refractivity contribution in [1.29, 1.82) is 0 Å². The summed E-state index contributed by atoms with van der Waals surface area (Å²) in [6.45, 7) is 12.3. The Bertz CT molecular complexity index is 889. The largest absolute Gasteiger partial charge is 0.344 e. The first-order valence-electron chi connectivity index (χ1n) is 9.29. The summed E-state index contributed by atoms with van der Waals surface area (Å²) in [5.41, 5.74) is 8.88. The molecule has 1 aromatic carbocycles. The maximum Gasteiger partial charge on any atom is 0.192 e. The molecule has 1 aliphatic rings. The van der Waals surface area contributed by atoms with Crippen molar-refractivity contribution in [1.82, 2.24) is 4.57 Å². The predicted octanol–water partition coefficient (Wildman–Crippen LogP) is 4.92. The van der Waals surface area contributed by atoms with Gasteiger partial charge in [0.05, 0.1) is 5.52 Å². The molecule has 2 aromatic rings. The van der Waals surface area contributed by atoms with Gasteiger partial charge < -0.3 is 10.3 Å².